The number of hydrogen-bond acceptors (Lipinski definition) is 2. The Morgan fingerprint density at radius 2 is 1.67 bits per heavy atom. The van der Waals surface area contributed by atoms with Gasteiger partial charge in [0.15, 0.2) is 5.82 Å². The van der Waals surface area contributed by atoms with Gasteiger partial charge in [0.05, 0.1) is 5.52 Å². The molecule has 0 amide bonds. The maximum atomic E-state index is 4.70. The lowest BCUT2D eigenvalue weighted by molar-refractivity contribution is 1.23. The first kappa shape index (κ1) is 12.5. The molecule has 0 spiro atoms. The fourth-order valence-electron chi connectivity index (χ4n) is 2.55. The Labute approximate surface area is 130 Å². The molecule has 3 aromatic carbocycles. The summed E-state index contributed by atoms with van der Waals surface area (Å²) in [5.41, 5.74) is 2.02. The molecule has 4 rings (SSSR count). The van der Waals surface area contributed by atoms with Gasteiger partial charge in [-0.3, -0.25) is 0 Å². The fourth-order valence-corrected chi connectivity index (χ4v) is 2.93. The minimum Gasteiger partial charge on any atom is -0.236 e. The van der Waals surface area contributed by atoms with Crippen molar-refractivity contribution in [2.45, 2.75) is 0 Å². The number of aromatic nitrogens is 2. The number of rotatable bonds is 1. The van der Waals surface area contributed by atoms with E-state index in [0.29, 0.717) is 0 Å². The Kier molecular flexibility index (Phi) is 2.93. The van der Waals surface area contributed by atoms with E-state index in [1.165, 1.54) is 10.8 Å². The monoisotopic (exact) mass is 334 g/mol. The topological polar surface area (TPSA) is 25.8 Å². The maximum absolute atomic E-state index is 4.70. The average molecular weight is 335 g/mol. The van der Waals surface area contributed by atoms with Gasteiger partial charge in [0.2, 0.25) is 0 Å². The SMILES string of the molecule is Brc1ccc2nc(-c3cccc4ccccc34)ncc2c1. The molecule has 0 aliphatic rings. The van der Waals surface area contributed by atoms with E-state index < -0.39 is 0 Å². The van der Waals surface area contributed by atoms with Gasteiger partial charge in [-0.25, -0.2) is 9.97 Å². The van der Waals surface area contributed by atoms with Crippen LogP contribution in [0.15, 0.2) is 71.3 Å². The first-order valence-electron chi connectivity index (χ1n) is 6.72. The van der Waals surface area contributed by atoms with Crippen molar-refractivity contribution in [3.05, 3.63) is 71.3 Å². The zero-order chi connectivity index (χ0) is 14.2. The molecule has 0 aliphatic carbocycles. The molecule has 21 heavy (non-hydrogen) atoms. The third-order valence-electron chi connectivity index (χ3n) is 3.57. The Morgan fingerprint density at radius 3 is 2.62 bits per heavy atom. The van der Waals surface area contributed by atoms with Gasteiger partial charge in [-0.05, 0) is 29.0 Å². The fraction of sp³-hybridized carbons (Fsp3) is 0. The van der Waals surface area contributed by atoms with Crippen LogP contribution in [-0.4, -0.2) is 9.97 Å². The molecular formula is C18H11BrN2. The maximum Gasteiger partial charge on any atom is 0.160 e. The quantitative estimate of drug-likeness (QED) is 0.477. The molecule has 0 aliphatic heterocycles. The highest BCUT2D eigenvalue weighted by Crippen LogP contribution is 2.27. The second-order valence-corrected chi connectivity index (χ2v) is 5.84. The van der Waals surface area contributed by atoms with E-state index in [1.54, 1.807) is 0 Å². The Morgan fingerprint density at radius 1 is 0.810 bits per heavy atom. The van der Waals surface area contributed by atoms with Crippen molar-refractivity contribution in [1.82, 2.24) is 9.97 Å². The van der Waals surface area contributed by atoms with E-state index in [9.17, 15) is 0 Å². The molecule has 3 heteroatoms. The molecular weight excluding hydrogens is 324 g/mol. The molecule has 1 heterocycles. The van der Waals surface area contributed by atoms with Crippen molar-refractivity contribution in [3.8, 4) is 11.4 Å². The van der Waals surface area contributed by atoms with Crippen molar-refractivity contribution < 1.29 is 0 Å². The van der Waals surface area contributed by atoms with Gasteiger partial charge in [0.1, 0.15) is 0 Å². The van der Waals surface area contributed by atoms with Gasteiger partial charge in [-0.15, -0.1) is 0 Å². The second kappa shape index (κ2) is 4.93. The van der Waals surface area contributed by atoms with Crippen molar-refractivity contribution in [1.29, 1.82) is 0 Å². The Bertz CT molecular complexity index is 958. The molecule has 0 bridgehead atoms. The first-order chi connectivity index (χ1) is 10.3. The molecule has 0 radical (unpaired) electrons. The molecule has 0 N–H and O–H groups in total. The molecule has 100 valence electrons. The zero-order valence-electron chi connectivity index (χ0n) is 11.1. The second-order valence-electron chi connectivity index (χ2n) is 4.92. The summed E-state index contributed by atoms with van der Waals surface area (Å²) in [5, 5.41) is 3.42. The van der Waals surface area contributed by atoms with Crippen molar-refractivity contribution in [3.63, 3.8) is 0 Å². The predicted octanol–water partition coefficient (Wildman–Crippen LogP) is 5.21. The third kappa shape index (κ3) is 2.20. The van der Waals surface area contributed by atoms with Gasteiger partial charge >= 0.3 is 0 Å². The van der Waals surface area contributed by atoms with Crippen LogP contribution < -0.4 is 0 Å². The minimum absolute atomic E-state index is 0.765. The summed E-state index contributed by atoms with van der Waals surface area (Å²) in [6.07, 6.45) is 1.88. The largest absolute Gasteiger partial charge is 0.236 e. The van der Waals surface area contributed by atoms with Crippen LogP contribution in [-0.2, 0) is 0 Å². The molecule has 0 fully saturated rings. The van der Waals surface area contributed by atoms with E-state index in [1.807, 2.05) is 42.6 Å². The summed E-state index contributed by atoms with van der Waals surface area (Å²) >= 11 is 3.47. The number of halogens is 1. The van der Waals surface area contributed by atoms with E-state index in [2.05, 4.69) is 45.2 Å². The van der Waals surface area contributed by atoms with Gasteiger partial charge < -0.3 is 0 Å². The highest BCUT2D eigenvalue weighted by molar-refractivity contribution is 9.10. The molecule has 0 saturated carbocycles. The van der Waals surface area contributed by atoms with Gasteiger partial charge in [0, 0.05) is 21.6 Å². The highest BCUT2D eigenvalue weighted by Gasteiger charge is 2.07. The molecule has 4 aromatic rings. The lowest BCUT2D eigenvalue weighted by Gasteiger charge is -2.06. The molecule has 2 nitrogen and oxygen atoms in total. The van der Waals surface area contributed by atoms with Gasteiger partial charge in [-0.1, -0.05) is 58.4 Å². The summed E-state index contributed by atoms with van der Waals surface area (Å²) in [5.74, 6) is 0.765. The minimum atomic E-state index is 0.765. The van der Waals surface area contributed by atoms with Crippen LogP contribution in [0.3, 0.4) is 0 Å². The summed E-state index contributed by atoms with van der Waals surface area (Å²) in [7, 11) is 0. The standard InChI is InChI=1S/C18H11BrN2/c19-14-8-9-17-13(10-14)11-20-18(21-17)16-7-3-5-12-4-1-2-6-15(12)16/h1-11H. The molecule has 0 saturated heterocycles. The number of benzene rings is 3. The third-order valence-corrected chi connectivity index (χ3v) is 4.07. The first-order valence-corrected chi connectivity index (χ1v) is 7.51. The lowest BCUT2D eigenvalue weighted by Crippen LogP contribution is -1.91. The van der Waals surface area contributed by atoms with E-state index in [-0.39, 0.29) is 0 Å². The number of nitrogens with zero attached hydrogens (tertiary/aromatic N) is 2. The molecule has 1 aromatic heterocycles. The number of fused-ring (bicyclic) bond motifs is 2. The van der Waals surface area contributed by atoms with Crippen LogP contribution >= 0.6 is 15.9 Å². The van der Waals surface area contributed by atoms with Crippen LogP contribution in [0.4, 0.5) is 0 Å². The van der Waals surface area contributed by atoms with Crippen LogP contribution in [0.2, 0.25) is 0 Å². The lowest BCUT2D eigenvalue weighted by atomic mass is 10.0. The van der Waals surface area contributed by atoms with E-state index in [0.717, 1.165) is 26.8 Å². The molecule has 0 unspecified atom stereocenters. The van der Waals surface area contributed by atoms with Crippen molar-refractivity contribution in [2.24, 2.45) is 0 Å². The van der Waals surface area contributed by atoms with Gasteiger partial charge in [-0.2, -0.15) is 0 Å². The van der Waals surface area contributed by atoms with Crippen molar-refractivity contribution >= 4 is 37.6 Å². The van der Waals surface area contributed by atoms with Gasteiger partial charge in [0.25, 0.3) is 0 Å². The van der Waals surface area contributed by atoms with E-state index in [4.69, 9.17) is 4.98 Å². The van der Waals surface area contributed by atoms with Crippen molar-refractivity contribution in [2.75, 3.05) is 0 Å². The van der Waals surface area contributed by atoms with E-state index >= 15 is 0 Å². The van der Waals surface area contributed by atoms with Crippen LogP contribution in [0.25, 0.3) is 33.1 Å². The highest BCUT2D eigenvalue weighted by atomic mass is 79.9. The summed E-state index contributed by atoms with van der Waals surface area (Å²) in [4.78, 5) is 9.24. The average Bonchev–Trinajstić information content (AvgIpc) is 2.54. The molecule has 0 atom stereocenters. The Hall–Kier alpha value is -2.26. The Balaban J connectivity index is 1.98. The van der Waals surface area contributed by atoms with Crippen LogP contribution in [0.5, 0.6) is 0 Å². The summed E-state index contributed by atoms with van der Waals surface area (Å²) in [6, 6.07) is 20.6. The normalized spacial score (nSPS) is 11.1. The van der Waals surface area contributed by atoms with Crippen LogP contribution in [0.1, 0.15) is 0 Å². The number of hydrogen-bond donors (Lipinski definition) is 0. The summed E-state index contributed by atoms with van der Waals surface area (Å²) in [6.45, 7) is 0. The van der Waals surface area contributed by atoms with Crippen LogP contribution in [0, 0.1) is 0 Å². The smallest absolute Gasteiger partial charge is 0.160 e. The summed E-state index contributed by atoms with van der Waals surface area (Å²) < 4.78 is 1.04. The predicted molar refractivity (Wildman–Crippen MR) is 90.2 cm³/mol. The zero-order valence-corrected chi connectivity index (χ0v) is 12.7.